The average molecular weight is 430 g/mol. The Morgan fingerprint density at radius 1 is 1.30 bits per heavy atom. The smallest absolute Gasteiger partial charge is 0.357 e. The second kappa shape index (κ2) is 9.04. The van der Waals surface area contributed by atoms with E-state index in [-0.39, 0.29) is 16.7 Å². The Labute approximate surface area is 177 Å². The summed E-state index contributed by atoms with van der Waals surface area (Å²) in [5.74, 6) is -1.95. The molecule has 9 nitrogen and oxygen atoms in total. The van der Waals surface area contributed by atoms with Crippen molar-refractivity contribution in [2.24, 2.45) is 5.92 Å². The summed E-state index contributed by atoms with van der Waals surface area (Å²) in [5.41, 5.74) is 0.710. The third-order valence-electron chi connectivity index (χ3n) is 4.96. The van der Waals surface area contributed by atoms with Crippen molar-refractivity contribution in [2.75, 3.05) is 12.4 Å². The number of carbonyl (C=O) groups excluding carboxylic acids is 4. The number of esters is 1. The van der Waals surface area contributed by atoms with Crippen LogP contribution in [-0.2, 0) is 14.3 Å². The number of ether oxygens (including phenoxy) is 1. The quantitative estimate of drug-likeness (QED) is 0.515. The van der Waals surface area contributed by atoms with Gasteiger partial charge < -0.3 is 15.4 Å². The number of thiazole rings is 1. The number of amides is 4. The molecule has 1 aliphatic heterocycles. The van der Waals surface area contributed by atoms with Crippen molar-refractivity contribution < 1.29 is 23.9 Å². The number of hydrogen-bond donors (Lipinski definition) is 2. The van der Waals surface area contributed by atoms with Crippen LogP contribution in [0.3, 0.4) is 0 Å². The van der Waals surface area contributed by atoms with Crippen LogP contribution >= 0.6 is 11.3 Å². The average Bonchev–Trinajstić information content (AvgIpc) is 3.33. The number of nitrogens with zero attached hydrogens (tertiary/aromatic N) is 2. The number of anilines is 1. The van der Waals surface area contributed by atoms with E-state index in [4.69, 9.17) is 0 Å². The number of methoxy groups -OCH3 is 1. The molecule has 1 fully saturated rings. The van der Waals surface area contributed by atoms with Crippen LogP contribution in [0, 0.1) is 5.92 Å². The fraction of sp³-hybridized carbons (Fsp3) is 0.350. The molecule has 30 heavy (non-hydrogen) atoms. The topological polar surface area (TPSA) is 118 Å². The van der Waals surface area contributed by atoms with Gasteiger partial charge in [0.1, 0.15) is 12.1 Å². The third-order valence-corrected chi connectivity index (χ3v) is 5.72. The zero-order valence-corrected chi connectivity index (χ0v) is 17.6. The maximum atomic E-state index is 13.1. The van der Waals surface area contributed by atoms with E-state index >= 15 is 0 Å². The first-order valence-corrected chi connectivity index (χ1v) is 10.3. The molecule has 1 aliphatic rings. The molecule has 1 saturated heterocycles. The van der Waals surface area contributed by atoms with Crippen molar-refractivity contribution >= 4 is 40.3 Å². The van der Waals surface area contributed by atoms with E-state index in [1.165, 1.54) is 12.5 Å². The SMILES string of the molecule is CC[C@H](C)[C@@H](C(=O)Nc1nc(C(=O)OC)cs1)N1C(=O)NC(c2ccccc2)C1=O. The number of rotatable bonds is 7. The lowest BCUT2D eigenvalue weighted by atomic mass is 9.96. The van der Waals surface area contributed by atoms with Gasteiger partial charge in [-0.3, -0.25) is 9.59 Å². The van der Waals surface area contributed by atoms with Gasteiger partial charge in [0.2, 0.25) is 5.91 Å². The molecule has 1 aromatic heterocycles. The molecule has 2 aromatic rings. The molecule has 3 rings (SSSR count). The molecule has 0 aliphatic carbocycles. The van der Waals surface area contributed by atoms with Crippen LogP contribution in [0.2, 0.25) is 0 Å². The predicted octanol–water partition coefficient (Wildman–Crippen LogP) is 2.58. The Bertz CT molecular complexity index is 961. The zero-order valence-electron chi connectivity index (χ0n) is 16.7. The molecular formula is C20H22N4O5S. The lowest BCUT2D eigenvalue weighted by Gasteiger charge is -2.28. The maximum Gasteiger partial charge on any atom is 0.357 e. The standard InChI is InChI=1S/C20H22N4O5S/c1-4-11(2)15(16(25)23-19-21-13(10-30-19)18(27)29-3)24-17(26)14(22-20(24)28)12-8-6-5-7-9-12/h5-11,14-15H,4H2,1-3H3,(H,22,28)(H,21,23,25)/t11-,14?,15-/m0/s1. The van der Waals surface area contributed by atoms with Gasteiger partial charge in [0, 0.05) is 5.38 Å². The summed E-state index contributed by atoms with van der Waals surface area (Å²) in [6, 6.07) is 6.36. The second-order valence-corrected chi connectivity index (χ2v) is 7.71. The van der Waals surface area contributed by atoms with Crippen LogP contribution < -0.4 is 10.6 Å². The van der Waals surface area contributed by atoms with E-state index in [0.29, 0.717) is 12.0 Å². The maximum absolute atomic E-state index is 13.1. The van der Waals surface area contributed by atoms with Gasteiger partial charge in [-0.25, -0.2) is 19.5 Å². The molecule has 0 radical (unpaired) electrons. The molecule has 4 amide bonds. The van der Waals surface area contributed by atoms with Crippen molar-refractivity contribution in [3.8, 4) is 0 Å². The first-order valence-electron chi connectivity index (χ1n) is 9.40. The van der Waals surface area contributed by atoms with E-state index in [0.717, 1.165) is 16.2 Å². The normalized spacial score (nSPS) is 18.0. The largest absolute Gasteiger partial charge is 0.464 e. The summed E-state index contributed by atoms with van der Waals surface area (Å²) in [7, 11) is 1.24. The molecule has 158 valence electrons. The van der Waals surface area contributed by atoms with Crippen LogP contribution in [0.4, 0.5) is 9.93 Å². The number of benzene rings is 1. The molecule has 2 heterocycles. The van der Waals surface area contributed by atoms with Gasteiger partial charge >= 0.3 is 12.0 Å². The monoisotopic (exact) mass is 430 g/mol. The summed E-state index contributed by atoms with van der Waals surface area (Å²) in [4.78, 5) is 55.3. The van der Waals surface area contributed by atoms with Gasteiger partial charge in [-0.1, -0.05) is 50.6 Å². The first-order chi connectivity index (χ1) is 14.4. The second-order valence-electron chi connectivity index (χ2n) is 6.85. The van der Waals surface area contributed by atoms with Gasteiger partial charge in [-0.2, -0.15) is 0 Å². The molecule has 1 unspecified atom stereocenters. The molecule has 0 saturated carbocycles. The van der Waals surface area contributed by atoms with Gasteiger partial charge in [-0.15, -0.1) is 11.3 Å². The minimum Gasteiger partial charge on any atom is -0.464 e. The minimum atomic E-state index is -1.03. The Morgan fingerprint density at radius 3 is 2.63 bits per heavy atom. The molecule has 1 aromatic carbocycles. The van der Waals surface area contributed by atoms with E-state index in [2.05, 4.69) is 20.4 Å². The van der Waals surface area contributed by atoms with Crippen molar-refractivity contribution in [3.63, 3.8) is 0 Å². The molecule has 0 bridgehead atoms. The van der Waals surface area contributed by atoms with Gasteiger partial charge in [0.05, 0.1) is 7.11 Å². The zero-order chi connectivity index (χ0) is 21.8. The van der Waals surface area contributed by atoms with Crippen molar-refractivity contribution in [1.29, 1.82) is 0 Å². The Hall–Kier alpha value is -3.27. The number of aromatic nitrogens is 1. The van der Waals surface area contributed by atoms with E-state index in [9.17, 15) is 19.2 Å². The van der Waals surface area contributed by atoms with Crippen LogP contribution in [0.25, 0.3) is 0 Å². The lowest BCUT2D eigenvalue weighted by molar-refractivity contribution is -0.135. The van der Waals surface area contributed by atoms with E-state index in [1.54, 1.807) is 31.2 Å². The van der Waals surface area contributed by atoms with Crippen LogP contribution in [-0.4, -0.2) is 46.9 Å². The minimum absolute atomic E-state index is 0.0667. The third kappa shape index (κ3) is 4.18. The highest BCUT2D eigenvalue weighted by molar-refractivity contribution is 7.14. The fourth-order valence-corrected chi connectivity index (χ4v) is 3.87. The Morgan fingerprint density at radius 2 is 2.00 bits per heavy atom. The summed E-state index contributed by atoms with van der Waals surface area (Å²) in [6.45, 7) is 3.67. The van der Waals surface area contributed by atoms with Crippen LogP contribution in [0.5, 0.6) is 0 Å². The Balaban J connectivity index is 1.84. The molecular weight excluding hydrogens is 408 g/mol. The summed E-state index contributed by atoms with van der Waals surface area (Å²) < 4.78 is 4.61. The summed E-state index contributed by atoms with van der Waals surface area (Å²) in [5, 5.41) is 6.91. The van der Waals surface area contributed by atoms with Gasteiger partial charge in [0.15, 0.2) is 10.8 Å². The molecule has 0 spiro atoms. The number of carbonyl (C=O) groups is 4. The van der Waals surface area contributed by atoms with E-state index < -0.39 is 35.9 Å². The van der Waals surface area contributed by atoms with Gasteiger partial charge in [-0.05, 0) is 11.5 Å². The fourth-order valence-electron chi connectivity index (χ4n) is 3.19. The van der Waals surface area contributed by atoms with E-state index in [1.807, 2.05) is 13.0 Å². The molecule has 10 heteroatoms. The first kappa shape index (κ1) is 21.4. The highest BCUT2D eigenvalue weighted by Gasteiger charge is 2.46. The molecule has 3 atom stereocenters. The van der Waals surface area contributed by atoms with Crippen molar-refractivity contribution in [3.05, 3.63) is 47.0 Å². The highest BCUT2D eigenvalue weighted by atomic mass is 32.1. The van der Waals surface area contributed by atoms with Crippen LogP contribution in [0.15, 0.2) is 35.7 Å². The summed E-state index contributed by atoms with van der Waals surface area (Å²) >= 11 is 1.05. The number of hydrogen-bond acceptors (Lipinski definition) is 7. The van der Waals surface area contributed by atoms with Crippen molar-refractivity contribution in [1.82, 2.24) is 15.2 Å². The van der Waals surface area contributed by atoms with Crippen molar-refractivity contribution in [2.45, 2.75) is 32.4 Å². The number of urea groups is 1. The predicted molar refractivity (Wildman–Crippen MR) is 110 cm³/mol. The van der Waals surface area contributed by atoms with Crippen LogP contribution in [0.1, 0.15) is 42.4 Å². The van der Waals surface area contributed by atoms with Gasteiger partial charge in [0.25, 0.3) is 5.91 Å². The highest BCUT2D eigenvalue weighted by Crippen LogP contribution is 2.28. The number of imide groups is 1. The number of nitrogens with one attached hydrogen (secondary N) is 2. The lowest BCUT2D eigenvalue weighted by Crippen LogP contribution is -2.51. The molecule has 2 N–H and O–H groups in total. The Kier molecular flexibility index (Phi) is 6.46. The summed E-state index contributed by atoms with van der Waals surface area (Å²) in [6.07, 6.45) is 0.566.